The van der Waals surface area contributed by atoms with E-state index >= 15 is 0 Å². The Morgan fingerprint density at radius 2 is 1.95 bits per heavy atom. The number of hydrogen-bond donors (Lipinski definition) is 1. The van der Waals surface area contributed by atoms with Gasteiger partial charge in [0.2, 0.25) is 5.88 Å². The van der Waals surface area contributed by atoms with Crippen molar-refractivity contribution in [1.29, 1.82) is 0 Å². The molecule has 22 heavy (non-hydrogen) atoms. The molecule has 1 N–H and O–H groups in total. The lowest BCUT2D eigenvalue weighted by Gasteiger charge is -2.30. The third-order valence-corrected chi connectivity index (χ3v) is 4.27. The number of anilines is 1. The number of ether oxygens (including phenoxy) is 1. The fourth-order valence-corrected chi connectivity index (χ4v) is 2.84. The average molecular weight is 305 g/mol. The molecule has 1 aliphatic rings. The predicted molar refractivity (Wildman–Crippen MR) is 91.6 cm³/mol. The molecule has 1 aromatic rings. The van der Waals surface area contributed by atoms with Crippen LogP contribution in [0.2, 0.25) is 0 Å². The maximum Gasteiger partial charge on any atom is 0.218 e. The summed E-state index contributed by atoms with van der Waals surface area (Å²) in [6, 6.07) is 2.46. The van der Waals surface area contributed by atoms with Crippen LogP contribution in [0.5, 0.6) is 5.88 Å². The minimum Gasteiger partial charge on any atom is -0.478 e. The highest BCUT2D eigenvalue weighted by Gasteiger charge is 2.24. The molecule has 1 fully saturated rings. The van der Waals surface area contributed by atoms with Gasteiger partial charge in [0.25, 0.3) is 0 Å². The Kier molecular flexibility index (Phi) is 5.65. The van der Waals surface area contributed by atoms with Crippen LogP contribution in [-0.2, 0) is 5.41 Å². The lowest BCUT2D eigenvalue weighted by Crippen LogP contribution is -2.31. The van der Waals surface area contributed by atoms with Crippen molar-refractivity contribution >= 4 is 5.82 Å². The first kappa shape index (κ1) is 17.0. The lowest BCUT2D eigenvalue weighted by molar-refractivity contribution is 0.301. The molecule has 0 spiro atoms. The van der Waals surface area contributed by atoms with Crippen LogP contribution in [0.3, 0.4) is 0 Å². The smallest absolute Gasteiger partial charge is 0.218 e. The standard InChI is InChI=1S/C18H31N3O/c1-6-11-22-16-12-15(20-17(21-16)18(3,4)5)19-14-10-8-7-9-13(14)2/h12-14H,6-11H2,1-5H3,(H,19,20,21). The van der Waals surface area contributed by atoms with Crippen molar-refractivity contribution in [2.45, 2.75) is 78.2 Å². The van der Waals surface area contributed by atoms with Gasteiger partial charge in [0.05, 0.1) is 6.61 Å². The van der Waals surface area contributed by atoms with Crippen molar-refractivity contribution in [1.82, 2.24) is 9.97 Å². The van der Waals surface area contributed by atoms with Crippen molar-refractivity contribution in [3.63, 3.8) is 0 Å². The number of nitrogens with one attached hydrogen (secondary N) is 1. The summed E-state index contributed by atoms with van der Waals surface area (Å²) in [6.07, 6.45) is 6.16. The number of nitrogens with zero attached hydrogens (tertiary/aromatic N) is 2. The van der Waals surface area contributed by atoms with Gasteiger partial charge < -0.3 is 10.1 Å². The highest BCUT2D eigenvalue weighted by Crippen LogP contribution is 2.28. The van der Waals surface area contributed by atoms with Crippen molar-refractivity contribution in [3.05, 3.63) is 11.9 Å². The third kappa shape index (κ3) is 4.59. The zero-order valence-corrected chi connectivity index (χ0v) is 14.8. The second-order valence-electron chi connectivity index (χ2n) is 7.53. The van der Waals surface area contributed by atoms with Gasteiger partial charge in [-0.05, 0) is 25.2 Å². The van der Waals surface area contributed by atoms with E-state index in [1.165, 1.54) is 25.7 Å². The van der Waals surface area contributed by atoms with Gasteiger partial charge in [-0.3, -0.25) is 0 Å². The second-order valence-corrected chi connectivity index (χ2v) is 7.53. The van der Waals surface area contributed by atoms with Gasteiger partial charge in [-0.15, -0.1) is 0 Å². The van der Waals surface area contributed by atoms with Crippen molar-refractivity contribution < 1.29 is 4.74 Å². The van der Waals surface area contributed by atoms with Crippen molar-refractivity contribution in [2.24, 2.45) is 5.92 Å². The Bertz CT molecular complexity index is 482. The zero-order chi connectivity index (χ0) is 16.2. The molecule has 0 aliphatic heterocycles. The largest absolute Gasteiger partial charge is 0.478 e. The van der Waals surface area contributed by atoms with E-state index in [0.717, 1.165) is 18.1 Å². The molecule has 1 saturated carbocycles. The maximum absolute atomic E-state index is 5.76. The van der Waals surface area contributed by atoms with Crippen LogP contribution in [0.1, 0.15) is 72.5 Å². The quantitative estimate of drug-likeness (QED) is 0.866. The lowest BCUT2D eigenvalue weighted by atomic mass is 9.86. The summed E-state index contributed by atoms with van der Waals surface area (Å²) >= 11 is 0. The molecule has 0 radical (unpaired) electrons. The minimum absolute atomic E-state index is 0.0831. The fourth-order valence-electron chi connectivity index (χ4n) is 2.84. The molecule has 4 nitrogen and oxygen atoms in total. The Hall–Kier alpha value is -1.32. The number of rotatable bonds is 5. The Balaban J connectivity index is 2.21. The molecule has 2 atom stereocenters. The zero-order valence-electron chi connectivity index (χ0n) is 14.8. The van der Waals surface area contributed by atoms with E-state index in [-0.39, 0.29) is 5.41 Å². The highest BCUT2D eigenvalue weighted by molar-refractivity contribution is 5.40. The van der Waals surface area contributed by atoms with Crippen molar-refractivity contribution in [3.8, 4) is 5.88 Å². The first-order valence-corrected chi connectivity index (χ1v) is 8.69. The van der Waals surface area contributed by atoms with Crippen LogP contribution in [0.25, 0.3) is 0 Å². The van der Waals surface area contributed by atoms with Gasteiger partial charge in [0.15, 0.2) is 0 Å². The molecule has 0 aromatic carbocycles. The molecule has 0 saturated heterocycles. The van der Waals surface area contributed by atoms with E-state index < -0.39 is 0 Å². The summed E-state index contributed by atoms with van der Waals surface area (Å²) in [4.78, 5) is 9.32. The number of aromatic nitrogens is 2. The fraction of sp³-hybridized carbons (Fsp3) is 0.778. The minimum atomic E-state index is -0.0831. The molecule has 124 valence electrons. The van der Waals surface area contributed by atoms with Crippen molar-refractivity contribution in [2.75, 3.05) is 11.9 Å². The van der Waals surface area contributed by atoms with E-state index in [0.29, 0.717) is 24.4 Å². The third-order valence-electron chi connectivity index (χ3n) is 4.27. The van der Waals surface area contributed by atoms with Crippen LogP contribution in [-0.4, -0.2) is 22.6 Å². The summed E-state index contributed by atoms with van der Waals surface area (Å²) in [7, 11) is 0. The molecular formula is C18H31N3O. The average Bonchev–Trinajstić information content (AvgIpc) is 2.46. The molecule has 1 aromatic heterocycles. The molecule has 0 amide bonds. The van der Waals surface area contributed by atoms with Gasteiger partial charge >= 0.3 is 0 Å². The summed E-state index contributed by atoms with van der Waals surface area (Å²) in [5, 5.41) is 3.63. The second kappa shape index (κ2) is 7.30. The molecule has 2 unspecified atom stereocenters. The summed E-state index contributed by atoms with van der Waals surface area (Å²) in [5.41, 5.74) is -0.0831. The van der Waals surface area contributed by atoms with Crippen LogP contribution >= 0.6 is 0 Å². The predicted octanol–water partition coefficient (Wildman–Crippen LogP) is 4.55. The Labute approximate surface area is 135 Å². The van der Waals surface area contributed by atoms with Gasteiger partial charge in [0.1, 0.15) is 11.6 Å². The van der Waals surface area contributed by atoms with E-state index in [2.05, 4.69) is 44.9 Å². The van der Waals surface area contributed by atoms with Crippen LogP contribution in [0, 0.1) is 5.92 Å². The first-order chi connectivity index (χ1) is 10.4. The molecule has 4 heteroatoms. The Morgan fingerprint density at radius 3 is 2.59 bits per heavy atom. The first-order valence-electron chi connectivity index (χ1n) is 8.69. The van der Waals surface area contributed by atoms with Gasteiger partial charge in [0, 0.05) is 17.5 Å². The summed E-state index contributed by atoms with van der Waals surface area (Å²) < 4.78 is 5.76. The molecule has 0 bridgehead atoms. The SMILES string of the molecule is CCCOc1cc(NC2CCCCC2C)nc(C(C)(C)C)n1. The maximum atomic E-state index is 5.76. The molecule has 1 aliphatic carbocycles. The monoisotopic (exact) mass is 305 g/mol. The van der Waals surface area contributed by atoms with E-state index in [1.54, 1.807) is 0 Å². The summed E-state index contributed by atoms with van der Waals surface area (Å²) in [5.74, 6) is 3.13. The topological polar surface area (TPSA) is 47.0 Å². The molecular weight excluding hydrogens is 274 g/mol. The van der Waals surface area contributed by atoms with Crippen LogP contribution in [0.15, 0.2) is 6.07 Å². The van der Waals surface area contributed by atoms with Gasteiger partial charge in [-0.1, -0.05) is 47.5 Å². The number of hydrogen-bond acceptors (Lipinski definition) is 4. The normalized spacial score (nSPS) is 22.4. The van der Waals surface area contributed by atoms with Gasteiger partial charge in [-0.25, -0.2) is 4.98 Å². The Morgan fingerprint density at radius 1 is 1.23 bits per heavy atom. The highest BCUT2D eigenvalue weighted by atomic mass is 16.5. The van der Waals surface area contributed by atoms with Crippen LogP contribution in [0.4, 0.5) is 5.82 Å². The molecule has 2 rings (SSSR count). The summed E-state index contributed by atoms with van der Waals surface area (Å²) in [6.45, 7) is 11.5. The van der Waals surface area contributed by atoms with Crippen LogP contribution < -0.4 is 10.1 Å². The van der Waals surface area contributed by atoms with E-state index in [9.17, 15) is 0 Å². The molecule has 1 heterocycles. The van der Waals surface area contributed by atoms with E-state index in [1.807, 2.05) is 6.07 Å². The van der Waals surface area contributed by atoms with Gasteiger partial charge in [-0.2, -0.15) is 4.98 Å². The van der Waals surface area contributed by atoms with E-state index in [4.69, 9.17) is 9.72 Å².